The number of carbonyl (C=O) groups excluding carboxylic acids is 1. The van der Waals surface area contributed by atoms with Crippen molar-refractivity contribution >= 4 is 15.8 Å². The Balaban J connectivity index is 0.00000110. The van der Waals surface area contributed by atoms with Crippen LogP contribution in [0.4, 0.5) is 0 Å². The zero-order chi connectivity index (χ0) is 27.0. The molecule has 9 nitrogen and oxygen atoms in total. The SMILES string of the molecule is CC.CN(C)CCCN.COc1cc(O)c(C(=O)c2ccc(C)cc2)cc1S(=O)(=O)NCCCN. The van der Waals surface area contributed by atoms with Crippen molar-refractivity contribution in [2.45, 2.75) is 38.5 Å². The number of benzene rings is 2. The molecular formula is C25H42N4O5S. The zero-order valence-electron chi connectivity index (χ0n) is 21.8. The van der Waals surface area contributed by atoms with Gasteiger partial charge in [0, 0.05) is 18.2 Å². The molecule has 6 N–H and O–H groups in total. The number of nitrogens with zero attached hydrogens (tertiary/aromatic N) is 1. The molecule has 0 fully saturated rings. The van der Waals surface area contributed by atoms with E-state index in [0.717, 1.165) is 37.2 Å². The first-order valence-corrected chi connectivity index (χ1v) is 13.1. The molecule has 0 saturated carbocycles. The number of methoxy groups -OCH3 is 1. The van der Waals surface area contributed by atoms with Crippen molar-refractivity contribution in [1.82, 2.24) is 9.62 Å². The van der Waals surface area contributed by atoms with Gasteiger partial charge in [-0.15, -0.1) is 0 Å². The Morgan fingerprint density at radius 1 is 1.06 bits per heavy atom. The monoisotopic (exact) mass is 510 g/mol. The maximum atomic E-state index is 12.7. The topological polar surface area (TPSA) is 148 Å². The van der Waals surface area contributed by atoms with Crippen molar-refractivity contribution in [3.63, 3.8) is 0 Å². The third-order valence-corrected chi connectivity index (χ3v) is 6.09. The molecule has 0 radical (unpaired) electrons. The summed E-state index contributed by atoms with van der Waals surface area (Å²) in [5, 5.41) is 10.2. The molecule has 35 heavy (non-hydrogen) atoms. The van der Waals surface area contributed by atoms with E-state index >= 15 is 0 Å². The maximum absolute atomic E-state index is 12.7. The smallest absolute Gasteiger partial charge is 0.244 e. The molecule has 2 aromatic carbocycles. The van der Waals surface area contributed by atoms with Crippen LogP contribution in [-0.2, 0) is 10.0 Å². The van der Waals surface area contributed by atoms with Crippen molar-refractivity contribution in [3.05, 3.63) is 53.1 Å². The summed E-state index contributed by atoms with van der Waals surface area (Å²) in [4.78, 5) is 14.6. The fourth-order valence-corrected chi connectivity index (χ4v) is 4.00. The van der Waals surface area contributed by atoms with E-state index in [0.29, 0.717) is 18.5 Å². The molecule has 10 heteroatoms. The average Bonchev–Trinajstić information content (AvgIpc) is 2.84. The summed E-state index contributed by atoms with van der Waals surface area (Å²) >= 11 is 0. The molecular weight excluding hydrogens is 468 g/mol. The minimum atomic E-state index is -3.93. The van der Waals surface area contributed by atoms with Crippen molar-refractivity contribution in [2.75, 3.05) is 47.4 Å². The first-order valence-electron chi connectivity index (χ1n) is 11.6. The van der Waals surface area contributed by atoms with E-state index < -0.39 is 15.8 Å². The van der Waals surface area contributed by atoms with E-state index in [1.54, 1.807) is 24.3 Å². The molecule has 0 bridgehead atoms. The lowest BCUT2D eigenvalue weighted by Gasteiger charge is -2.13. The Morgan fingerprint density at radius 3 is 2.09 bits per heavy atom. The first kappa shape index (κ1) is 32.5. The van der Waals surface area contributed by atoms with Gasteiger partial charge in [0.2, 0.25) is 10.0 Å². The summed E-state index contributed by atoms with van der Waals surface area (Å²) in [7, 11) is 1.46. The first-order chi connectivity index (χ1) is 16.6. The van der Waals surface area contributed by atoms with Crippen LogP contribution >= 0.6 is 0 Å². The normalized spacial score (nSPS) is 10.7. The number of aryl methyl sites for hydroxylation is 1. The fourth-order valence-electron chi connectivity index (χ4n) is 2.75. The molecule has 0 aliphatic rings. The number of ether oxygens (including phenoxy) is 1. The minimum absolute atomic E-state index is 0.0526. The number of sulfonamides is 1. The summed E-state index contributed by atoms with van der Waals surface area (Å²) in [5.41, 5.74) is 11.8. The number of phenolic OH excluding ortho intramolecular Hbond substituents is 1. The van der Waals surface area contributed by atoms with E-state index in [9.17, 15) is 18.3 Å². The Morgan fingerprint density at radius 2 is 1.63 bits per heavy atom. The highest BCUT2D eigenvalue weighted by Crippen LogP contribution is 2.32. The van der Waals surface area contributed by atoms with Gasteiger partial charge >= 0.3 is 0 Å². The van der Waals surface area contributed by atoms with Crippen LogP contribution in [0, 0.1) is 6.92 Å². The Labute approximate surface area is 210 Å². The maximum Gasteiger partial charge on any atom is 0.244 e. The number of carbonyl (C=O) groups is 1. The highest BCUT2D eigenvalue weighted by Gasteiger charge is 2.24. The molecule has 0 unspecified atom stereocenters. The molecule has 0 aliphatic heterocycles. The molecule has 2 rings (SSSR count). The highest BCUT2D eigenvalue weighted by atomic mass is 32.2. The molecule has 0 heterocycles. The Kier molecular flexibility index (Phi) is 15.8. The van der Waals surface area contributed by atoms with Crippen LogP contribution in [0.5, 0.6) is 11.5 Å². The number of phenols is 1. The second kappa shape index (κ2) is 17.0. The van der Waals surface area contributed by atoms with Crippen LogP contribution in [0.25, 0.3) is 0 Å². The molecule has 198 valence electrons. The minimum Gasteiger partial charge on any atom is -0.507 e. The predicted octanol–water partition coefficient (Wildman–Crippen LogP) is 2.49. The van der Waals surface area contributed by atoms with Crippen LogP contribution in [0.2, 0.25) is 0 Å². The van der Waals surface area contributed by atoms with Gasteiger partial charge in [-0.1, -0.05) is 43.7 Å². The number of aromatic hydroxyl groups is 1. The van der Waals surface area contributed by atoms with Gasteiger partial charge < -0.3 is 26.2 Å². The van der Waals surface area contributed by atoms with Crippen LogP contribution in [0.3, 0.4) is 0 Å². The number of hydrogen-bond acceptors (Lipinski definition) is 8. The van der Waals surface area contributed by atoms with Gasteiger partial charge in [-0.05, 0) is 59.6 Å². The van der Waals surface area contributed by atoms with Crippen LogP contribution in [-0.4, -0.2) is 71.6 Å². The molecule has 0 aromatic heterocycles. The highest BCUT2D eigenvalue weighted by molar-refractivity contribution is 7.89. The van der Waals surface area contributed by atoms with Crippen LogP contribution in [0.15, 0.2) is 41.3 Å². The van der Waals surface area contributed by atoms with Gasteiger partial charge in [0.15, 0.2) is 5.78 Å². The van der Waals surface area contributed by atoms with E-state index in [1.807, 2.05) is 20.8 Å². The summed E-state index contributed by atoms with van der Waals surface area (Å²) in [6.07, 6.45) is 1.57. The van der Waals surface area contributed by atoms with Gasteiger partial charge in [-0.25, -0.2) is 13.1 Å². The van der Waals surface area contributed by atoms with Gasteiger partial charge in [0.25, 0.3) is 0 Å². The zero-order valence-corrected chi connectivity index (χ0v) is 22.6. The predicted molar refractivity (Wildman–Crippen MR) is 142 cm³/mol. The average molecular weight is 511 g/mol. The quantitative estimate of drug-likeness (QED) is 0.266. The number of rotatable bonds is 11. The number of ketones is 1. The molecule has 0 amide bonds. The molecule has 0 aliphatic carbocycles. The summed E-state index contributed by atoms with van der Waals surface area (Å²) < 4.78 is 32.5. The van der Waals surface area contributed by atoms with Gasteiger partial charge in [0.05, 0.1) is 12.7 Å². The number of hydrogen-bond donors (Lipinski definition) is 4. The Bertz CT molecular complexity index is 994. The molecule has 2 aromatic rings. The van der Waals surface area contributed by atoms with Crippen LogP contribution in [0.1, 0.15) is 48.2 Å². The third kappa shape index (κ3) is 11.2. The van der Waals surface area contributed by atoms with Crippen molar-refractivity contribution < 1.29 is 23.1 Å². The number of nitrogens with one attached hydrogen (secondary N) is 1. The second-order valence-corrected chi connectivity index (χ2v) is 9.44. The van der Waals surface area contributed by atoms with Crippen LogP contribution < -0.4 is 20.9 Å². The molecule has 0 atom stereocenters. The largest absolute Gasteiger partial charge is 0.507 e. The van der Waals surface area contributed by atoms with Gasteiger partial charge in [-0.3, -0.25) is 4.79 Å². The van der Waals surface area contributed by atoms with E-state index in [4.69, 9.17) is 16.2 Å². The van der Waals surface area contributed by atoms with Gasteiger partial charge in [-0.2, -0.15) is 0 Å². The summed E-state index contributed by atoms with van der Waals surface area (Å²) in [6.45, 7) is 8.29. The van der Waals surface area contributed by atoms with E-state index in [1.165, 1.54) is 7.11 Å². The lowest BCUT2D eigenvalue weighted by molar-refractivity contribution is 0.103. The summed E-state index contributed by atoms with van der Waals surface area (Å²) in [5.74, 6) is -0.889. The fraction of sp³-hybridized carbons (Fsp3) is 0.480. The molecule has 0 spiro atoms. The lowest BCUT2D eigenvalue weighted by Crippen LogP contribution is -2.27. The lowest BCUT2D eigenvalue weighted by atomic mass is 10.0. The van der Waals surface area contributed by atoms with Crippen molar-refractivity contribution in [2.24, 2.45) is 11.5 Å². The van der Waals surface area contributed by atoms with Gasteiger partial charge in [0.1, 0.15) is 16.4 Å². The van der Waals surface area contributed by atoms with E-state index in [2.05, 4.69) is 23.7 Å². The molecule has 0 saturated heterocycles. The van der Waals surface area contributed by atoms with E-state index in [-0.39, 0.29) is 28.5 Å². The van der Waals surface area contributed by atoms with Crippen molar-refractivity contribution in [1.29, 1.82) is 0 Å². The second-order valence-electron chi connectivity index (χ2n) is 7.70. The Hall–Kier alpha value is -2.50. The summed E-state index contributed by atoms with van der Waals surface area (Å²) in [6, 6.07) is 9.02. The standard InChI is InChI=1S/C18H22N2O5S.C5H14N2.C2H6/c1-12-4-6-13(7-5-12)18(22)14-10-17(16(25-2)11-15(14)21)26(23,24)20-9-3-8-19;1-7(2)5-3-4-6;1-2/h4-7,10-11,20-21H,3,8-9,19H2,1-2H3;3-6H2,1-2H3;1-2H3. The number of nitrogens with two attached hydrogens (primary N) is 2. The van der Waals surface area contributed by atoms with Crippen molar-refractivity contribution in [3.8, 4) is 11.5 Å². The third-order valence-electron chi connectivity index (χ3n) is 4.61.